The lowest BCUT2D eigenvalue weighted by Crippen LogP contribution is -2.50. The molecular weight excluding hydrogens is 354 g/mol. The lowest BCUT2D eigenvalue weighted by molar-refractivity contribution is -0.131. The van der Waals surface area contributed by atoms with Crippen LogP contribution >= 0.6 is 0 Å². The van der Waals surface area contributed by atoms with E-state index in [0.717, 1.165) is 38.5 Å². The monoisotopic (exact) mass is 385 g/mol. The number of allylic oxidation sites excluding steroid dienone is 1. The van der Waals surface area contributed by atoms with Crippen molar-refractivity contribution in [1.82, 2.24) is 6.15 Å². The molecule has 0 spiro atoms. The minimum Gasteiger partial charge on any atom is -0.726 e. The fourth-order valence-corrected chi connectivity index (χ4v) is 7.14. The predicted octanol–water partition coefficient (Wildman–Crippen LogP) is 3.74. The van der Waals surface area contributed by atoms with E-state index in [4.69, 9.17) is 4.18 Å². The molecule has 4 aliphatic carbocycles. The molecule has 0 amide bonds. The van der Waals surface area contributed by atoms with Gasteiger partial charge in [-0.05, 0) is 68.1 Å². The molecule has 7 heteroatoms. The highest BCUT2D eigenvalue weighted by Gasteiger charge is 2.58. The van der Waals surface area contributed by atoms with Crippen LogP contribution in [0.5, 0.6) is 0 Å². The van der Waals surface area contributed by atoms with Gasteiger partial charge in [-0.25, -0.2) is 8.42 Å². The highest BCUT2D eigenvalue weighted by Crippen LogP contribution is 2.64. The van der Waals surface area contributed by atoms with Gasteiger partial charge in [-0.2, -0.15) is 0 Å². The third-order valence-corrected chi connectivity index (χ3v) is 8.53. The number of quaternary nitrogens is 1. The molecule has 6 nitrogen and oxygen atoms in total. The average molecular weight is 386 g/mol. The van der Waals surface area contributed by atoms with Crippen LogP contribution in [0.1, 0.15) is 65.2 Å². The molecule has 0 aromatic rings. The summed E-state index contributed by atoms with van der Waals surface area (Å²) in [4.78, 5) is 12.4. The zero-order chi connectivity index (χ0) is 18.0. The third-order valence-electron chi connectivity index (χ3n) is 8.02. The molecule has 0 heterocycles. The molecule has 0 aromatic carbocycles. The maximum atomic E-state index is 12.4. The van der Waals surface area contributed by atoms with E-state index in [-0.39, 0.29) is 17.0 Å². The Balaban J connectivity index is 0.00000196. The van der Waals surface area contributed by atoms with Crippen LogP contribution in [0.15, 0.2) is 11.6 Å². The Morgan fingerprint density at radius 2 is 1.77 bits per heavy atom. The van der Waals surface area contributed by atoms with Crippen LogP contribution in [-0.4, -0.2) is 24.9 Å². The van der Waals surface area contributed by atoms with Gasteiger partial charge in [0.25, 0.3) is 0 Å². The Morgan fingerprint density at radius 3 is 2.46 bits per heavy atom. The van der Waals surface area contributed by atoms with Crippen LogP contribution in [0.3, 0.4) is 0 Å². The number of fused-ring (bicyclic) bond motifs is 5. The van der Waals surface area contributed by atoms with E-state index in [2.05, 4.69) is 19.9 Å². The molecule has 0 bridgehead atoms. The fourth-order valence-electron chi connectivity index (χ4n) is 6.65. The minimum atomic E-state index is -4.65. The zero-order valence-corrected chi connectivity index (χ0v) is 16.8. The summed E-state index contributed by atoms with van der Waals surface area (Å²) in [6, 6.07) is 0. The van der Waals surface area contributed by atoms with Crippen molar-refractivity contribution in [2.75, 3.05) is 0 Å². The van der Waals surface area contributed by atoms with Crippen LogP contribution < -0.4 is 6.15 Å². The summed E-state index contributed by atoms with van der Waals surface area (Å²) in [7, 11) is -4.65. The lowest BCUT2D eigenvalue weighted by Gasteiger charge is -2.57. The largest absolute Gasteiger partial charge is 0.726 e. The number of carbonyl (C=O) groups excluding carboxylic acids is 1. The van der Waals surface area contributed by atoms with Crippen molar-refractivity contribution in [2.45, 2.75) is 71.3 Å². The van der Waals surface area contributed by atoms with Gasteiger partial charge in [-0.3, -0.25) is 8.98 Å². The second-order valence-electron chi connectivity index (χ2n) is 9.05. The molecule has 0 unspecified atom stereocenters. The van der Waals surface area contributed by atoms with Gasteiger partial charge in [0.1, 0.15) is 5.78 Å². The zero-order valence-electron chi connectivity index (χ0n) is 16.0. The average Bonchev–Trinajstić information content (AvgIpc) is 2.82. The topological polar surface area (TPSA) is 120 Å². The van der Waals surface area contributed by atoms with Gasteiger partial charge in [0.05, 0.1) is 6.10 Å². The van der Waals surface area contributed by atoms with Gasteiger partial charge < -0.3 is 10.7 Å². The first kappa shape index (κ1) is 20.0. The van der Waals surface area contributed by atoms with Gasteiger partial charge in [0.15, 0.2) is 0 Å². The predicted molar refractivity (Wildman–Crippen MR) is 97.3 cm³/mol. The van der Waals surface area contributed by atoms with E-state index in [1.54, 1.807) is 0 Å². The summed E-state index contributed by atoms with van der Waals surface area (Å²) in [5.74, 6) is 2.05. The summed E-state index contributed by atoms with van der Waals surface area (Å²) in [5.41, 5.74) is 1.20. The van der Waals surface area contributed by atoms with Crippen LogP contribution in [0.2, 0.25) is 0 Å². The van der Waals surface area contributed by atoms with Gasteiger partial charge in [0, 0.05) is 11.8 Å². The molecule has 4 rings (SSSR count). The van der Waals surface area contributed by atoms with Crippen molar-refractivity contribution >= 4 is 16.2 Å². The van der Waals surface area contributed by atoms with Crippen molar-refractivity contribution in [3.8, 4) is 0 Å². The molecule has 0 saturated heterocycles. The van der Waals surface area contributed by atoms with Crippen molar-refractivity contribution in [3.63, 3.8) is 0 Å². The van der Waals surface area contributed by atoms with Crippen molar-refractivity contribution in [1.29, 1.82) is 0 Å². The van der Waals surface area contributed by atoms with Gasteiger partial charge in [-0.1, -0.05) is 25.5 Å². The number of ketones is 1. The SMILES string of the molecule is C[C@@]12CC[C@@H]3[C@H](CC=C4C[C@H](OS(=O)(=O)[O-])CC[C@]43C)[C@H]1CCC2=O.[NH4+]. The first-order valence-electron chi connectivity index (χ1n) is 9.50. The highest BCUT2D eigenvalue weighted by molar-refractivity contribution is 7.80. The van der Waals surface area contributed by atoms with Crippen molar-refractivity contribution in [2.24, 2.45) is 28.6 Å². The first-order valence-corrected chi connectivity index (χ1v) is 10.8. The third kappa shape index (κ3) is 2.97. The summed E-state index contributed by atoms with van der Waals surface area (Å²) < 4.78 is 37.5. The molecule has 4 N–H and O–H groups in total. The number of rotatable bonds is 2. The molecule has 3 saturated carbocycles. The number of Topliss-reactive ketones (excluding diaryl/α,β-unsaturated/α-hetero) is 1. The van der Waals surface area contributed by atoms with Gasteiger partial charge in [0.2, 0.25) is 10.4 Å². The Kier molecular flexibility index (Phi) is 4.92. The van der Waals surface area contributed by atoms with Crippen LogP contribution in [0.25, 0.3) is 0 Å². The van der Waals surface area contributed by atoms with E-state index in [9.17, 15) is 17.8 Å². The quantitative estimate of drug-likeness (QED) is 0.441. The summed E-state index contributed by atoms with van der Waals surface area (Å²) >= 11 is 0. The second kappa shape index (κ2) is 6.40. The first-order chi connectivity index (χ1) is 11.6. The van der Waals surface area contributed by atoms with Crippen molar-refractivity contribution in [3.05, 3.63) is 11.6 Å². The van der Waals surface area contributed by atoms with Crippen molar-refractivity contribution < 1.29 is 21.9 Å². The number of hydrogen-bond acceptors (Lipinski definition) is 5. The van der Waals surface area contributed by atoms with E-state index >= 15 is 0 Å². The lowest BCUT2D eigenvalue weighted by atomic mass is 9.48. The Labute approximate surface area is 156 Å². The van der Waals surface area contributed by atoms with Gasteiger partial charge >= 0.3 is 0 Å². The standard InChI is InChI=1S/C19H28O5S.H3N/c1-18-9-7-13(24-25(21,22)23)11-12(18)3-4-14-15-5-6-17(20)19(15,2)10-8-16(14)18;/h3,13-16H,4-11H2,1-2H3,(H,21,22,23);1H3/t13-,14-,15-,16-,18-,19-;/m1./s1. The maximum Gasteiger partial charge on any atom is 0.217 e. The molecular formula is C19H31NO5S. The second-order valence-corrected chi connectivity index (χ2v) is 10.1. The van der Waals surface area contributed by atoms with E-state index < -0.39 is 16.5 Å². The number of hydrogen-bond donors (Lipinski definition) is 1. The van der Waals surface area contributed by atoms with Gasteiger partial charge in [-0.15, -0.1) is 0 Å². The fraction of sp³-hybridized carbons (Fsp3) is 0.842. The van der Waals surface area contributed by atoms with E-state index in [1.165, 1.54) is 5.57 Å². The maximum absolute atomic E-state index is 12.4. The van der Waals surface area contributed by atoms with E-state index in [0.29, 0.717) is 36.4 Å². The van der Waals surface area contributed by atoms with E-state index in [1.807, 2.05) is 0 Å². The molecule has 0 aromatic heterocycles. The highest BCUT2D eigenvalue weighted by atomic mass is 32.3. The molecule has 6 atom stereocenters. The molecule has 3 fully saturated rings. The Hall–Kier alpha value is -0.760. The molecule has 0 radical (unpaired) electrons. The molecule has 0 aliphatic heterocycles. The summed E-state index contributed by atoms with van der Waals surface area (Å²) in [5, 5.41) is 0. The summed E-state index contributed by atoms with van der Waals surface area (Å²) in [6.07, 6.45) is 8.55. The van der Waals surface area contributed by atoms with Crippen LogP contribution in [0, 0.1) is 28.6 Å². The molecule has 4 aliphatic rings. The van der Waals surface area contributed by atoms with Crippen LogP contribution in [-0.2, 0) is 19.4 Å². The summed E-state index contributed by atoms with van der Waals surface area (Å²) in [6.45, 7) is 4.48. The normalized spacial score (nSPS) is 45.0. The smallest absolute Gasteiger partial charge is 0.217 e. The molecule has 148 valence electrons. The number of carbonyl (C=O) groups is 1. The Morgan fingerprint density at radius 1 is 1.12 bits per heavy atom. The van der Waals surface area contributed by atoms with Crippen LogP contribution in [0.4, 0.5) is 0 Å². The Bertz CT molecular complexity index is 732. The minimum absolute atomic E-state index is 0. The molecule has 26 heavy (non-hydrogen) atoms.